The van der Waals surface area contributed by atoms with Gasteiger partial charge in [-0.25, -0.2) is 8.42 Å². The normalized spacial score (nSPS) is 11.9. The lowest BCUT2D eigenvalue weighted by Crippen LogP contribution is -2.32. The first-order valence-electron chi connectivity index (χ1n) is 10.7. The first-order chi connectivity index (χ1) is 16.6. The summed E-state index contributed by atoms with van der Waals surface area (Å²) in [6.07, 6.45) is 0.713. The molecule has 3 aromatic carbocycles. The highest BCUT2D eigenvalue weighted by molar-refractivity contribution is 7.92. The second-order valence-corrected chi connectivity index (χ2v) is 10.1. The van der Waals surface area contributed by atoms with Gasteiger partial charge >= 0.3 is 0 Å². The smallest absolute Gasteiger partial charge is 0.265 e. The van der Waals surface area contributed by atoms with Gasteiger partial charge in [0.25, 0.3) is 5.91 Å². The highest BCUT2D eigenvalue weighted by Crippen LogP contribution is 2.33. The molecule has 0 spiro atoms. The summed E-state index contributed by atoms with van der Waals surface area (Å²) in [7, 11) is -0.336. The maximum absolute atomic E-state index is 13.0. The van der Waals surface area contributed by atoms with Crippen LogP contribution in [0.1, 0.15) is 13.3 Å². The van der Waals surface area contributed by atoms with E-state index in [-0.39, 0.29) is 5.91 Å². The van der Waals surface area contributed by atoms with Crippen molar-refractivity contribution in [2.24, 2.45) is 0 Å². The molecule has 35 heavy (non-hydrogen) atoms. The van der Waals surface area contributed by atoms with E-state index in [0.29, 0.717) is 45.8 Å². The van der Waals surface area contributed by atoms with Crippen LogP contribution in [0.3, 0.4) is 0 Å². The molecule has 0 unspecified atom stereocenters. The van der Waals surface area contributed by atoms with E-state index in [1.54, 1.807) is 73.8 Å². The number of benzene rings is 3. The molecule has 1 N–H and O–H groups in total. The number of nitrogens with one attached hydrogen (secondary N) is 1. The lowest BCUT2D eigenvalue weighted by Gasteiger charge is -2.20. The third-order valence-electron chi connectivity index (χ3n) is 5.13. The van der Waals surface area contributed by atoms with Gasteiger partial charge < -0.3 is 19.5 Å². The number of anilines is 2. The van der Waals surface area contributed by atoms with E-state index in [2.05, 4.69) is 5.32 Å². The minimum Gasteiger partial charge on any atom is -0.497 e. The highest BCUT2D eigenvalue weighted by Gasteiger charge is 2.21. The van der Waals surface area contributed by atoms with Gasteiger partial charge in [0.05, 0.1) is 24.7 Å². The number of halogens is 1. The Morgan fingerprint density at radius 3 is 2.17 bits per heavy atom. The van der Waals surface area contributed by atoms with Crippen molar-refractivity contribution in [1.29, 1.82) is 0 Å². The molecule has 3 aromatic rings. The average molecular weight is 519 g/mol. The largest absolute Gasteiger partial charge is 0.497 e. The third kappa shape index (κ3) is 7.03. The molecule has 10 heteroatoms. The second kappa shape index (κ2) is 11.3. The molecule has 0 bridgehead atoms. The number of hydrogen-bond donors (Lipinski definition) is 1. The molecule has 186 valence electrons. The predicted molar refractivity (Wildman–Crippen MR) is 138 cm³/mol. The van der Waals surface area contributed by atoms with E-state index >= 15 is 0 Å². The Morgan fingerprint density at radius 1 is 1.00 bits per heavy atom. The number of carbonyl (C=O) groups is 1. The molecule has 0 aliphatic carbocycles. The number of rotatable bonds is 10. The number of hydrogen-bond acceptors (Lipinski definition) is 6. The van der Waals surface area contributed by atoms with Gasteiger partial charge in [0.2, 0.25) is 10.0 Å². The zero-order valence-electron chi connectivity index (χ0n) is 19.8. The van der Waals surface area contributed by atoms with E-state index in [4.69, 9.17) is 25.8 Å². The molecule has 1 amide bonds. The molecule has 0 aliphatic heterocycles. The number of carbonyl (C=O) groups excluding carboxylic acids is 1. The van der Waals surface area contributed by atoms with Crippen molar-refractivity contribution >= 4 is 38.9 Å². The fraction of sp³-hybridized carbons (Fsp3) is 0.240. The van der Waals surface area contributed by atoms with Crippen LogP contribution in [0, 0.1) is 0 Å². The Bertz CT molecular complexity index is 1260. The molecule has 3 rings (SSSR count). The Labute approximate surface area is 210 Å². The van der Waals surface area contributed by atoms with E-state index in [0.717, 1.165) is 10.6 Å². The van der Waals surface area contributed by atoms with E-state index in [1.165, 1.54) is 7.05 Å². The number of nitrogens with zero attached hydrogens (tertiary/aromatic N) is 1. The maximum Gasteiger partial charge on any atom is 0.265 e. The van der Waals surface area contributed by atoms with Gasteiger partial charge in [0.15, 0.2) is 11.9 Å². The lowest BCUT2D eigenvalue weighted by molar-refractivity contribution is -0.122. The fourth-order valence-electron chi connectivity index (χ4n) is 3.09. The minimum absolute atomic E-state index is 0.383. The van der Waals surface area contributed by atoms with Crippen LogP contribution in [0.25, 0.3) is 0 Å². The molecule has 0 saturated heterocycles. The van der Waals surface area contributed by atoms with Crippen molar-refractivity contribution in [3.63, 3.8) is 0 Å². The average Bonchev–Trinajstić information content (AvgIpc) is 2.84. The highest BCUT2D eigenvalue weighted by atomic mass is 35.5. The van der Waals surface area contributed by atoms with E-state index in [9.17, 15) is 13.2 Å². The molecular formula is C25H27ClN2O6S. The number of sulfonamides is 1. The van der Waals surface area contributed by atoms with Crippen LogP contribution in [0.2, 0.25) is 5.02 Å². The van der Waals surface area contributed by atoms with Crippen LogP contribution in [0.5, 0.6) is 23.0 Å². The standard InChI is InChI=1S/C25H27ClN2O6S/c1-5-23(33-20-9-7-18(8-10-20)28(2)35(4,30)31)25(29)27-22-16-17(26)6-15-24(22)34-21-13-11-19(32-3)12-14-21/h6-16,23H,5H2,1-4H3,(H,27,29)/t23-/m1/s1. The SMILES string of the molecule is CC[C@@H](Oc1ccc(N(C)S(C)(=O)=O)cc1)C(=O)Nc1cc(Cl)ccc1Oc1ccc(OC)cc1. The van der Waals surface area contributed by atoms with Crippen molar-refractivity contribution in [2.45, 2.75) is 19.4 Å². The van der Waals surface area contributed by atoms with Crippen LogP contribution in [-0.2, 0) is 14.8 Å². The Kier molecular flexibility index (Phi) is 8.48. The summed E-state index contributed by atoms with van der Waals surface area (Å²) in [5.41, 5.74) is 0.877. The molecular weight excluding hydrogens is 492 g/mol. The topological polar surface area (TPSA) is 94.2 Å². The quantitative estimate of drug-likeness (QED) is 0.389. The second-order valence-electron chi connectivity index (χ2n) is 7.65. The monoisotopic (exact) mass is 518 g/mol. The number of ether oxygens (including phenoxy) is 3. The Morgan fingerprint density at radius 2 is 1.60 bits per heavy atom. The van der Waals surface area contributed by atoms with Gasteiger partial charge in [-0.15, -0.1) is 0 Å². The molecule has 0 heterocycles. The molecule has 0 fully saturated rings. The summed E-state index contributed by atoms with van der Waals surface area (Å²) < 4.78 is 41.5. The van der Waals surface area contributed by atoms with Gasteiger partial charge in [0, 0.05) is 12.1 Å². The Balaban J connectivity index is 1.73. The summed E-state index contributed by atoms with van der Waals surface area (Å²) in [5.74, 6) is 1.72. The number of methoxy groups -OCH3 is 1. The summed E-state index contributed by atoms with van der Waals surface area (Å²) in [6, 6.07) is 18.4. The van der Waals surface area contributed by atoms with Crippen LogP contribution in [0.15, 0.2) is 66.7 Å². The van der Waals surface area contributed by atoms with Crippen LogP contribution in [-0.4, -0.2) is 40.8 Å². The molecule has 8 nitrogen and oxygen atoms in total. The summed E-state index contributed by atoms with van der Waals surface area (Å²) >= 11 is 6.16. The summed E-state index contributed by atoms with van der Waals surface area (Å²) in [6.45, 7) is 1.82. The van der Waals surface area contributed by atoms with Gasteiger partial charge in [-0.1, -0.05) is 18.5 Å². The predicted octanol–water partition coefficient (Wildman–Crippen LogP) is 5.33. The van der Waals surface area contributed by atoms with Gasteiger partial charge in [-0.3, -0.25) is 9.10 Å². The summed E-state index contributed by atoms with van der Waals surface area (Å²) in [5, 5.41) is 3.26. The van der Waals surface area contributed by atoms with Crippen LogP contribution >= 0.6 is 11.6 Å². The zero-order chi connectivity index (χ0) is 25.6. The van der Waals surface area contributed by atoms with E-state index in [1.807, 2.05) is 6.92 Å². The number of amides is 1. The zero-order valence-corrected chi connectivity index (χ0v) is 21.4. The van der Waals surface area contributed by atoms with Crippen molar-refractivity contribution in [3.8, 4) is 23.0 Å². The van der Waals surface area contributed by atoms with Crippen LogP contribution < -0.4 is 23.8 Å². The lowest BCUT2D eigenvalue weighted by atomic mass is 10.2. The summed E-state index contributed by atoms with van der Waals surface area (Å²) in [4.78, 5) is 13.0. The Hall–Kier alpha value is -3.43. The van der Waals surface area contributed by atoms with Crippen molar-refractivity contribution in [2.75, 3.05) is 30.0 Å². The third-order valence-corrected chi connectivity index (χ3v) is 6.57. The fourth-order valence-corrected chi connectivity index (χ4v) is 3.76. The van der Waals surface area contributed by atoms with Crippen LogP contribution in [0.4, 0.5) is 11.4 Å². The molecule has 1 atom stereocenters. The first kappa shape index (κ1) is 26.2. The first-order valence-corrected chi connectivity index (χ1v) is 13.0. The van der Waals surface area contributed by atoms with Gasteiger partial charge in [0.1, 0.15) is 17.2 Å². The van der Waals surface area contributed by atoms with Crippen molar-refractivity contribution in [1.82, 2.24) is 0 Å². The maximum atomic E-state index is 13.0. The molecule has 0 aliphatic rings. The van der Waals surface area contributed by atoms with Gasteiger partial charge in [-0.2, -0.15) is 0 Å². The van der Waals surface area contributed by atoms with E-state index < -0.39 is 16.1 Å². The molecule has 0 saturated carbocycles. The molecule has 0 aromatic heterocycles. The van der Waals surface area contributed by atoms with Gasteiger partial charge in [-0.05, 0) is 73.2 Å². The van der Waals surface area contributed by atoms with Crippen molar-refractivity contribution < 1.29 is 27.4 Å². The van der Waals surface area contributed by atoms with Crippen molar-refractivity contribution in [3.05, 3.63) is 71.8 Å². The molecule has 0 radical (unpaired) electrons. The minimum atomic E-state index is -3.38.